The number of carbonyl (C=O) groups excluding carboxylic acids is 3. The molecule has 2 aromatic carbocycles. The van der Waals surface area contributed by atoms with E-state index in [1.54, 1.807) is 34.6 Å². The average molecular weight is 555 g/mol. The van der Waals surface area contributed by atoms with Gasteiger partial charge in [-0.2, -0.15) is 13.2 Å². The van der Waals surface area contributed by atoms with Gasteiger partial charge >= 0.3 is 12.1 Å². The molecule has 0 saturated heterocycles. The molecule has 3 rings (SSSR count). The first kappa shape index (κ1) is 29.4. The van der Waals surface area contributed by atoms with Crippen LogP contribution in [0.2, 0.25) is 5.02 Å². The monoisotopic (exact) mass is 554 g/mol. The van der Waals surface area contributed by atoms with Crippen LogP contribution in [-0.4, -0.2) is 40.3 Å². The van der Waals surface area contributed by atoms with Gasteiger partial charge in [0.2, 0.25) is 0 Å². The molecule has 3 unspecified atom stereocenters. The summed E-state index contributed by atoms with van der Waals surface area (Å²) in [6, 6.07) is 5.57. The van der Waals surface area contributed by atoms with Gasteiger partial charge in [0.25, 0.3) is 5.91 Å². The Labute approximate surface area is 224 Å². The normalized spacial score (nSPS) is 18.9. The first-order valence-electron chi connectivity index (χ1n) is 11.9. The minimum atomic E-state index is -4.61. The van der Waals surface area contributed by atoms with Gasteiger partial charge in [0.1, 0.15) is 17.4 Å². The Morgan fingerprint density at radius 3 is 2.37 bits per heavy atom. The summed E-state index contributed by atoms with van der Waals surface area (Å²) >= 11 is 6.23. The zero-order valence-electron chi connectivity index (χ0n) is 21.6. The maximum atomic E-state index is 13.8. The molecule has 3 atom stereocenters. The molecule has 11 heteroatoms. The minimum Gasteiger partial charge on any atom is -0.480 e. The second-order valence-corrected chi connectivity index (χ2v) is 10.9. The van der Waals surface area contributed by atoms with Crippen LogP contribution in [0.3, 0.4) is 0 Å². The molecule has 0 bridgehead atoms. The molecule has 0 spiro atoms. The van der Waals surface area contributed by atoms with Crippen molar-refractivity contribution >= 4 is 29.3 Å². The maximum absolute atomic E-state index is 13.8. The Bertz CT molecular complexity index is 1230. The minimum absolute atomic E-state index is 0.116. The van der Waals surface area contributed by atoms with Crippen molar-refractivity contribution in [2.45, 2.75) is 71.1 Å². The van der Waals surface area contributed by atoms with E-state index >= 15 is 0 Å². The molecule has 0 aliphatic carbocycles. The van der Waals surface area contributed by atoms with Crippen LogP contribution in [0.15, 0.2) is 42.5 Å². The van der Waals surface area contributed by atoms with E-state index in [1.165, 1.54) is 30.3 Å². The molecule has 1 aliphatic rings. The summed E-state index contributed by atoms with van der Waals surface area (Å²) in [6.07, 6.45) is -5.69. The van der Waals surface area contributed by atoms with E-state index in [-0.39, 0.29) is 27.8 Å². The third kappa shape index (κ3) is 6.66. The van der Waals surface area contributed by atoms with Gasteiger partial charge in [0.15, 0.2) is 17.9 Å². The summed E-state index contributed by atoms with van der Waals surface area (Å²) in [5.41, 5.74) is 4.45. The van der Waals surface area contributed by atoms with Crippen LogP contribution in [0.1, 0.15) is 57.4 Å². The molecule has 0 aromatic heterocycles. The van der Waals surface area contributed by atoms with Crippen LogP contribution in [-0.2, 0) is 31.8 Å². The van der Waals surface area contributed by atoms with E-state index in [2.05, 4.69) is 0 Å². The topological polar surface area (TPSA) is 98.9 Å². The molecule has 206 valence electrons. The smallest absolute Gasteiger partial charge is 0.416 e. The van der Waals surface area contributed by atoms with Crippen molar-refractivity contribution in [3.05, 3.63) is 64.2 Å². The highest BCUT2D eigenvalue weighted by Crippen LogP contribution is 2.39. The number of carbonyl (C=O) groups is 3. The summed E-state index contributed by atoms with van der Waals surface area (Å²) in [5, 5.41) is 0.213. The number of benzene rings is 2. The summed E-state index contributed by atoms with van der Waals surface area (Å²) in [6.45, 7) is 7.89. The van der Waals surface area contributed by atoms with Crippen LogP contribution in [0.4, 0.5) is 13.2 Å². The number of amides is 1. The molecule has 2 aromatic rings. The van der Waals surface area contributed by atoms with E-state index in [0.717, 1.165) is 17.0 Å². The quantitative estimate of drug-likeness (QED) is 0.395. The lowest BCUT2D eigenvalue weighted by molar-refractivity contribution is -0.160. The van der Waals surface area contributed by atoms with Gasteiger partial charge in [-0.1, -0.05) is 37.6 Å². The number of ether oxygens (including phenoxy) is 2. The van der Waals surface area contributed by atoms with Gasteiger partial charge in [-0.25, -0.2) is 4.79 Å². The van der Waals surface area contributed by atoms with Crippen molar-refractivity contribution in [1.82, 2.24) is 4.90 Å². The molecular formula is C27H30ClF3N2O5. The molecule has 0 radical (unpaired) electrons. The van der Waals surface area contributed by atoms with Crippen LogP contribution in [0, 0.1) is 5.92 Å². The lowest BCUT2D eigenvalue weighted by Crippen LogP contribution is -2.51. The summed E-state index contributed by atoms with van der Waals surface area (Å²) < 4.78 is 51.5. The SMILES string of the molecule is CC(C)C1Oc2ccc(Cl)cc2C(C(=O)C(N)C(=O)OC(C)(C)C)N(Cc2cccc(C(F)(F)F)c2)C1=O. The van der Waals surface area contributed by atoms with Gasteiger partial charge in [-0.05, 0) is 62.6 Å². The van der Waals surface area contributed by atoms with Gasteiger partial charge in [0.05, 0.1) is 5.56 Å². The number of ketones is 1. The summed E-state index contributed by atoms with van der Waals surface area (Å²) in [5.74, 6) is -2.76. The molecular weight excluding hydrogens is 525 g/mol. The van der Waals surface area contributed by atoms with Crippen LogP contribution >= 0.6 is 11.6 Å². The Morgan fingerprint density at radius 2 is 1.79 bits per heavy atom. The standard InChI is InChI=1S/C27H30ClF3N2O5/c1-14(2)23-24(35)33(13-15-7-6-8-16(11-15)27(29,30)31)21(18-12-17(28)9-10-19(18)37-23)22(34)20(32)25(36)38-26(3,4)5/h6-12,14,20-21,23H,13,32H2,1-5H3. The first-order chi connectivity index (χ1) is 17.5. The fourth-order valence-electron chi connectivity index (χ4n) is 4.08. The second-order valence-electron chi connectivity index (χ2n) is 10.4. The lowest BCUT2D eigenvalue weighted by Gasteiger charge is -2.33. The average Bonchev–Trinajstić information content (AvgIpc) is 2.91. The Balaban J connectivity index is 2.17. The molecule has 0 fully saturated rings. The predicted molar refractivity (Wildman–Crippen MR) is 134 cm³/mol. The molecule has 2 N–H and O–H groups in total. The van der Waals surface area contributed by atoms with Crippen molar-refractivity contribution in [3.63, 3.8) is 0 Å². The van der Waals surface area contributed by atoms with Gasteiger partial charge in [-0.15, -0.1) is 0 Å². The number of alkyl halides is 3. The van der Waals surface area contributed by atoms with Crippen molar-refractivity contribution in [1.29, 1.82) is 0 Å². The fraction of sp³-hybridized carbons (Fsp3) is 0.444. The van der Waals surface area contributed by atoms with Crippen LogP contribution in [0.25, 0.3) is 0 Å². The van der Waals surface area contributed by atoms with E-state index in [0.29, 0.717) is 0 Å². The Morgan fingerprint density at radius 1 is 1.13 bits per heavy atom. The number of hydrogen-bond acceptors (Lipinski definition) is 6. The van der Waals surface area contributed by atoms with Crippen molar-refractivity contribution in [2.24, 2.45) is 11.7 Å². The van der Waals surface area contributed by atoms with Crippen molar-refractivity contribution < 1.29 is 37.0 Å². The third-order valence-electron chi connectivity index (χ3n) is 5.81. The highest BCUT2D eigenvalue weighted by Gasteiger charge is 2.45. The van der Waals surface area contributed by atoms with E-state index < -0.39 is 59.7 Å². The number of rotatable bonds is 6. The second kappa shape index (κ2) is 10.9. The lowest BCUT2D eigenvalue weighted by atomic mass is 9.94. The number of hydrogen-bond donors (Lipinski definition) is 1. The molecule has 1 amide bonds. The van der Waals surface area contributed by atoms with E-state index in [4.69, 9.17) is 26.8 Å². The molecule has 7 nitrogen and oxygen atoms in total. The summed E-state index contributed by atoms with van der Waals surface area (Å²) in [4.78, 5) is 41.4. The molecule has 1 heterocycles. The first-order valence-corrected chi connectivity index (χ1v) is 12.3. The highest BCUT2D eigenvalue weighted by molar-refractivity contribution is 6.30. The largest absolute Gasteiger partial charge is 0.480 e. The number of nitrogens with zero attached hydrogens (tertiary/aromatic N) is 1. The molecule has 0 saturated carbocycles. The number of fused-ring (bicyclic) bond motifs is 1. The molecule has 1 aliphatic heterocycles. The Kier molecular flexibility index (Phi) is 8.48. The third-order valence-corrected chi connectivity index (χ3v) is 6.04. The maximum Gasteiger partial charge on any atom is 0.416 e. The highest BCUT2D eigenvalue weighted by atomic mass is 35.5. The number of esters is 1. The van der Waals surface area contributed by atoms with Crippen LogP contribution in [0.5, 0.6) is 5.75 Å². The van der Waals surface area contributed by atoms with Crippen molar-refractivity contribution in [3.8, 4) is 5.75 Å². The summed E-state index contributed by atoms with van der Waals surface area (Å²) in [7, 11) is 0. The molecule has 38 heavy (non-hydrogen) atoms. The number of Topliss-reactive ketones (excluding diaryl/α,β-unsaturated/α-hetero) is 1. The zero-order chi connectivity index (χ0) is 28.6. The van der Waals surface area contributed by atoms with Crippen LogP contribution < -0.4 is 10.5 Å². The fourth-order valence-corrected chi connectivity index (χ4v) is 4.26. The Hall–Kier alpha value is -3.11. The zero-order valence-corrected chi connectivity index (χ0v) is 22.4. The van der Waals surface area contributed by atoms with Gasteiger partial charge in [0, 0.05) is 17.1 Å². The predicted octanol–water partition coefficient (Wildman–Crippen LogP) is 5.08. The van der Waals surface area contributed by atoms with Crippen molar-refractivity contribution in [2.75, 3.05) is 0 Å². The van der Waals surface area contributed by atoms with Gasteiger partial charge < -0.3 is 20.1 Å². The number of halogens is 4. The number of nitrogens with two attached hydrogens (primary N) is 1. The van der Waals surface area contributed by atoms with E-state index in [9.17, 15) is 27.6 Å². The van der Waals surface area contributed by atoms with E-state index in [1.807, 2.05) is 0 Å². The van der Waals surface area contributed by atoms with Gasteiger partial charge in [-0.3, -0.25) is 9.59 Å².